The minimum atomic E-state index is 0.669. The molecule has 0 fully saturated rings. The lowest BCUT2D eigenvalue weighted by Crippen LogP contribution is -2.26. The van der Waals surface area contributed by atoms with Crippen LogP contribution in [0, 0.1) is 6.92 Å². The molecule has 0 atom stereocenters. The van der Waals surface area contributed by atoms with E-state index in [1.54, 1.807) is 0 Å². The van der Waals surface area contributed by atoms with E-state index in [9.17, 15) is 0 Å². The number of ether oxygens (including phenoxy) is 1. The van der Waals surface area contributed by atoms with E-state index >= 15 is 0 Å². The molecule has 0 unspecified atom stereocenters. The standard InChI is InChI=1S/C15H17N3O/c1-11-13(16)6-7-15(17-11)18-8-9-19-14-5-3-2-4-12(14)10-18/h2-7H,8-10,16H2,1H3. The average Bonchev–Trinajstić information content (AvgIpc) is 2.64. The number of anilines is 2. The summed E-state index contributed by atoms with van der Waals surface area (Å²) >= 11 is 0. The van der Waals surface area contributed by atoms with Crippen molar-refractivity contribution in [3.8, 4) is 5.75 Å². The molecule has 2 N–H and O–H groups in total. The van der Waals surface area contributed by atoms with Crippen LogP contribution >= 0.6 is 0 Å². The van der Waals surface area contributed by atoms with E-state index in [-0.39, 0.29) is 0 Å². The number of pyridine rings is 1. The number of hydrogen-bond donors (Lipinski definition) is 1. The Morgan fingerprint density at radius 2 is 2.05 bits per heavy atom. The molecule has 4 heteroatoms. The Kier molecular flexibility index (Phi) is 2.99. The second-order valence-corrected chi connectivity index (χ2v) is 4.72. The maximum atomic E-state index is 5.82. The molecular formula is C15H17N3O. The fraction of sp³-hybridized carbons (Fsp3) is 0.267. The van der Waals surface area contributed by atoms with Gasteiger partial charge in [0, 0.05) is 12.1 Å². The molecule has 0 aliphatic carbocycles. The van der Waals surface area contributed by atoms with Gasteiger partial charge in [-0.3, -0.25) is 0 Å². The highest BCUT2D eigenvalue weighted by atomic mass is 16.5. The number of aryl methyl sites for hydroxylation is 1. The van der Waals surface area contributed by atoms with Gasteiger partial charge >= 0.3 is 0 Å². The van der Waals surface area contributed by atoms with Crippen molar-refractivity contribution in [3.05, 3.63) is 47.7 Å². The van der Waals surface area contributed by atoms with Gasteiger partial charge in [-0.2, -0.15) is 0 Å². The maximum Gasteiger partial charge on any atom is 0.129 e. The van der Waals surface area contributed by atoms with Gasteiger partial charge < -0.3 is 15.4 Å². The molecule has 19 heavy (non-hydrogen) atoms. The molecule has 3 rings (SSSR count). The summed E-state index contributed by atoms with van der Waals surface area (Å²) in [5.41, 5.74) is 8.61. The van der Waals surface area contributed by atoms with Crippen LogP contribution in [0.25, 0.3) is 0 Å². The molecule has 0 bridgehead atoms. The summed E-state index contributed by atoms with van der Waals surface area (Å²) < 4.78 is 5.76. The highest BCUT2D eigenvalue weighted by Crippen LogP contribution is 2.25. The quantitative estimate of drug-likeness (QED) is 0.850. The highest BCUT2D eigenvalue weighted by molar-refractivity contribution is 5.51. The Morgan fingerprint density at radius 1 is 1.21 bits per heavy atom. The molecule has 0 saturated carbocycles. The van der Waals surface area contributed by atoms with E-state index in [1.807, 2.05) is 37.3 Å². The van der Waals surface area contributed by atoms with E-state index in [1.165, 1.54) is 5.56 Å². The fourth-order valence-corrected chi connectivity index (χ4v) is 2.26. The van der Waals surface area contributed by atoms with E-state index in [0.717, 1.165) is 36.0 Å². The third kappa shape index (κ3) is 2.34. The van der Waals surface area contributed by atoms with Crippen molar-refractivity contribution in [2.45, 2.75) is 13.5 Å². The molecule has 0 saturated heterocycles. The first-order chi connectivity index (χ1) is 9.24. The van der Waals surface area contributed by atoms with Crippen molar-refractivity contribution in [2.24, 2.45) is 0 Å². The number of hydrogen-bond acceptors (Lipinski definition) is 4. The summed E-state index contributed by atoms with van der Waals surface area (Å²) in [6.45, 7) is 4.24. The molecule has 1 aromatic heterocycles. The zero-order valence-electron chi connectivity index (χ0n) is 11.0. The largest absolute Gasteiger partial charge is 0.491 e. The summed E-state index contributed by atoms with van der Waals surface area (Å²) in [5, 5.41) is 0. The third-order valence-electron chi connectivity index (χ3n) is 3.39. The number of nitrogen functional groups attached to an aromatic ring is 1. The van der Waals surface area contributed by atoms with E-state index in [4.69, 9.17) is 10.5 Å². The Hall–Kier alpha value is -2.23. The van der Waals surface area contributed by atoms with E-state index < -0.39 is 0 Å². The predicted molar refractivity (Wildman–Crippen MR) is 76.4 cm³/mol. The number of aromatic nitrogens is 1. The highest BCUT2D eigenvalue weighted by Gasteiger charge is 2.16. The van der Waals surface area contributed by atoms with Crippen molar-refractivity contribution in [2.75, 3.05) is 23.8 Å². The molecule has 1 aromatic carbocycles. The molecule has 98 valence electrons. The monoisotopic (exact) mass is 255 g/mol. The minimum absolute atomic E-state index is 0.669. The van der Waals surface area contributed by atoms with Gasteiger partial charge in [-0.05, 0) is 25.1 Å². The Morgan fingerprint density at radius 3 is 2.89 bits per heavy atom. The normalized spacial score (nSPS) is 14.5. The number of nitrogens with zero attached hydrogens (tertiary/aromatic N) is 2. The number of rotatable bonds is 1. The number of para-hydroxylation sites is 1. The molecule has 4 nitrogen and oxygen atoms in total. The lowest BCUT2D eigenvalue weighted by molar-refractivity contribution is 0.331. The van der Waals surface area contributed by atoms with Gasteiger partial charge in [0.1, 0.15) is 18.2 Å². The second-order valence-electron chi connectivity index (χ2n) is 4.72. The smallest absolute Gasteiger partial charge is 0.129 e. The molecule has 2 heterocycles. The van der Waals surface area contributed by atoms with Crippen LogP contribution in [-0.2, 0) is 6.54 Å². The molecule has 1 aliphatic rings. The second kappa shape index (κ2) is 4.80. The molecule has 1 aliphatic heterocycles. The first-order valence-corrected chi connectivity index (χ1v) is 6.43. The summed E-state index contributed by atoms with van der Waals surface area (Å²) in [6, 6.07) is 12.0. The van der Waals surface area contributed by atoms with Crippen LogP contribution in [-0.4, -0.2) is 18.1 Å². The van der Waals surface area contributed by atoms with Crippen LogP contribution in [0.1, 0.15) is 11.3 Å². The molecule has 0 spiro atoms. The van der Waals surface area contributed by atoms with Crippen LogP contribution in [0.3, 0.4) is 0 Å². The first-order valence-electron chi connectivity index (χ1n) is 6.43. The van der Waals surface area contributed by atoms with Gasteiger partial charge in [0.15, 0.2) is 0 Å². The Labute approximate surface area is 112 Å². The Balaban J connectivity index is 1.92. The molecule has 0 radical (unpaired) electrons. The van der Waals surface area contributed by atoms with Crippen molar-refractivity contribution in [1.29, 1.82) is 0 Å². The summed E-state index contributed by atoms with van der Waals surface area (Å²) in [5.74, 6) is 1.92. The summed E-state index contributed by atoms with van der Waals surface area (Å²) in [7, 11) is 0. The van der Waals surface area contributed by atoms with Gasteiger partial charge in [-0.15, -0.1) is 0 Å². The molecular weight excluding hydrogens is 238 g/mol. The SMILES string of the molecule is Cc1nc(N2CCOc3ccccc3C2)ccc1N. The van der Waals surface area contributed by atoms with Gasteiger partial charge in [0.2, 0.25) is 0 Å². The van der Waals surface area contributed by atoms with Crippen LogP contribution in [0.4, 0.5) is 11.5 Å². The lowest BCUT2D eigenvalue weighted by Gasteiger charge is -2.21. The van der Waals surface area contributed by atoms with Crippen molar-refractivity contribution < 1.29 is 4.74 Å². The third-order valence-corrected chi connectivity index (χ3v) is 3.39. The topological polar surface area (TPSA) is 51.4 Å². The van der Waals surface area contributed by atoms with Crippen LogP contribution in [0.5, 0.6) is 5.75 Å². The number of benzene rings is 1. The van der Waals surface area contributed by atoms with Crippen LogP contribution in [0.2, 0.25) is 0 Å². The van der Waals surface area contributed by atoms with Crippen molar-refractivity contribution in [1.82, 2.24) is 4.98 Å². The van der Waals surface area contributed by atoms with Crippen molar-refractivity contribution in [3.63, 3.8) is 0 Å². The zero-order valence-corrected chi connectivity index (χ0v) is 11.0. The first kappa shape index (κ1) is 11.8. The minimum Gasteiger partial charge on any atom is -0.491 e. The van der Waals surface area contributed by atoms with E-state index in [2.05, 4.69) is 16.0 Å². The van der Waals surface area contributed by atoms with Crippen molar-refractivity contribution >= 4 is 11.5 Å². The number of nitrogens with two attached hydrogens (primary N) is 1. The molecule has 2 aromatic rings. The van der Waals surface area contributed by atoms with Gasteiger partial charge in [-0.25, -0.2) is 4.98 Å². The summed E-state index contributed by atoms with van der Waals surface area (Å²) in [4.78, 5) is 6.78. The maximum absolute atomic E-state index is 5.82. The van der Waals surface area contributed by atoms with Crippen LogP contribution in [0.15, 0.2) is 36.4 Å². The fourth-order valence-electron chi connectivity index (χ4n) is 2.26. The molecule has 0 amide bonds. The zero-order chi connectivity index (χ0) is 13.2. The predicted octanol–water partition coefficient (Wildman–Crippen LogP) is 2.37. The van der Waals surface area contributed by atoms with E-state index in [0.29, 0.717) is 6.61 Å². The average molecular weight is 255 g/mol. The van der Waals surface area contributed by atoms with Gasteiger partial charge in [0.05, 0.1) is 17.9 Å². The van der Waals surface area contributed by atoms with Gasteiger partial charge in [0.25, 0.3) is 0 Å². The lowest BCUT2D eigenvalue weighted by atomic mass is 10.2. The Bertz CT molecular complexity index is 598. The van der Waals surface area contributed by atoms with Gasteiger partial charge in [-0.1, -0.05) is 18.2 Å². The number of fused-ring (bicyclic) bond motifs is 1. The van der Waals surface area contributed by atoms with Crippen LogP contribution < -0.4 is 15.4 Å². The summed E-state index contributed by atoms with van der Waals surface area (Å²) in [6.07, 6.45) is 0.